The number of rotatable bonds is 2. The van der Waals surface area contributed by atoms with Gasteiger partial charge < -0.3 is 9.52 Å². The van der Waals surface area contributed by atoms with Crippen molar-refractivity contribution in [2.45, 2.75) is 19.4 Å². The van der Waals surface area contributed by atoms with Gasteiger partial charge in [0.2, 0.25) is 0 Å². The summed E-state index contributed by atoms with van der Waals surface area (Å²) in [6, 6.07) is 7.24. The minimum absolute atomic E-state index is 0.527. The van der Waals surface area contributed by atoms with Gasteiger partial charge in [0, 0.05) is 10.4 Å². The van der Waals surface area contributed by atoms with Gasteiger partial charge in [-0.2, -0.15) is 0 Å². The summed E-state index contributed by atoms with van der Waals surface area (Å²) in [6.45, 7) is 1.91. The molecular formula is C11H11ClO2. The molecule has 1 atom stereocenters. The SMILES string of the molecule is CCC(O)c1cc2cc(Cl)ccc2o1. The summed E-state index contributed by atoms with van der Waals surface area (Å²) in [5, 5.41) is 11.2. The summed E-state index contributed by atoms with van der Waals surface area (Å²) < 4.78 is 5.47. The standard InChI is InChI=1S/C11H11ClO2/c1-2-9(13)11-6-7-5-8(12)3-4-10(7)14-11/h3-6,9,13H,2H2,1H3. The van der Waals surface area contributed by atoms with Crippen LogP contribution in [0.1, 0.15) is 25.2 Å². The van der Waals surface area contributed by atoms with Crippen LogP contribution in [0.4, 0.5) is 0 Å². The molecule has 0 fully saturated rings. The Morgan fingerprint density at radius 2 is 2.21 bits per heavy atom. The monoisotopic (exact) mass is 210 g/mol. The Hall–Kier alpha value is -0.990. The maximum absolute atomic E-state index is 9.57. The topological polar surface area (TPSA) is 33.4 Å². The van der Waals surface area contributed by atoms with Crippen LogP contribution in [0.3, 0.4) is 0 Å². The number of benzene rings is 1. The molecule has 3 heteroatoms. The minimum atomic E-state index is -0.527. The van der Waals surface area contributed by atoms with Crippen molar-refractivity contribution >= 4 is 22.6 Å². The van der Waals surface area contributed by atoms with E-state index in [1.165, 1.54) is 0 Å². The molecule has 0 aliphatic heterocycles. The third-order valence-corrected chi connectivity index (χ3v) is 2.45. The second-order valence-electron chi connectivity index (χ2n) is 3.25. The molecule has 0 saturated carbocycles. The third kappa shape index (κ3) is 1.63. The van der Waals surface area contributed by atoms with Gasteiger partial charge in [-0.1, -0.05) is 18.5 Å². The number of hydrogen-bond donors (Lipinski definition) is 1. The quantitative estimate of drug-likeness (QED) is 0.823. The number of aliphatic hydroxyl groups excluding tert-OH is 1. The Bertz CT molecular complexity index is 447. The van der Waals surface area contributed by atoms with Gasteiger partial charge in [0.05, 0.1) is 0 Å². The van der Waals surface area contributed by atoms with Crippen LogP contribution in [0.2, 0.25) is 5.02 Å². The van der Waals surface area contributed by atoms with E-state index in [1.54, 1.807) is 6.07 Å². The molecule has 0 spiro atoms. The largest absolute Gasteiger partial charge is 0.458 e. The predicted molar refractivity (Wildman–Crippen MR) is 56.5 cm³/mol. The Kier molecular flexibility index (Phi) is 2.48. The molecule has 74 valence electrons. The van der Waals surface area contributed by atoms with Crippen LogP contribution in [0.5, 0.6) is 0 Å². The summed E-state index contributed by atoms with van der Waals surface area (Å²) in [5.41, 5.74) is 0.761. The smallest absolute Gasteiger partial charge is 0.134 e. The molecule has 2 aromatic rings. The number of halogens is 1. The van der Waals surface area contributed by atoms with E-state index in [0.29, 0.717) is 17.2 Å². The first-order chi connectivity index (χ1) is 6.70. The molecule has 1 N–H and O–H groups in total. The van der Waals surface area contributed by atoms with Crippen molar-refractivity contribution in [2.75, 3.05) is 0 Å². The Morgan fingerprint density at radius 1 is 1.43 bits per heavy atom. The highest BCUT2D eigenvalue weighted by Crippen LogP contribution is 2.27. The normalized spacial score (nSPS) is 13.4. The van der Waals surface area contributed by atoms with E-state index in [1.807, 2.05) is 25.1 Å². The molecule has 0 aliphatic rings. The van der Waals surface area contributed by atoms with Crippen LogP contribution in [0.15, 0.2) is 28.7 Å². The molecule has 1 aromatic heterocycles. The van der Waals surface area contributed by atoms with Crippen LogP contribution < -0.4 is 0 Å². The van der Waals surface area contributed by atoms with Gasteiger partial charge in [-0.15, -0.1) is 0 Å². The lowest BCUT2D eigenvalue weighted by Crippen LogP contribution is -1.90. The van der Waals surface area contributed by atoms with Gasteiger partial charge in [-0.05, 0) is 30.7 Å². The van der Waals surface area contributed by atoms with E-state index in [9.17, 15) is 5.11 Å². The molecule has 0 saturated heterocycles. The fraction of sp³-hybridized carbons (Fsp3) is 0.273. The van der Waals surface area contributed by atoms with Crippen molar-refractivity contribution in [2.24, 2.45) is 0 Å². The van der Waals surface area contributed by atoms with Crippen LogP contribution in [0, 0.1) is 0 Å². The first-order valence-electron chi connectivity index (χ1n) is 4.57. The molecular weight excluding hydrogens is 200 g/mol. The zero-order valence-corrected chi connectivity index (χ0v) is 8.58. The van der Waals surface area contributed by atoms with Crippen molar-refractivity contribution in [1.82, 2.24) is 0 Å². The van der Waals surface area contributed by atoms with E-state index in [4.69, 9.17) is 16.0 Å². The van der Waals surface area contributed by atoms with Gasteiger partial charge >= 0.3 is 0 Å². The number of furan rings is 1. The molecule has 2 rings (SSSR count). The Balaban J connectivity index is 2.51. The van der Waals surface area contributed by atoms with E-state index in [0.717, 1.165) is 11.0 Å². The average molecular weight is 211 g/mol. The lowest BCUT2D eigenvalue weighted by atomic mass is 10.2. The number of aliphatic hydroxyl groups is 1. The average Bonchev–Trinajstić information content (AvgIpc) is 2.59. The van der Waals surface area contributed by atoms with Crippen molar-refractivity contribution < 1.29 is 9.52 Å². The Morgan fingerprint density at radius 3 is 2.93 bits per heavy atom. The van der Waals surface area contributed by atoms with Gasteiger partial charge in [0.15, 0.2) is 0 Å². The molecule has 2 nitrogen and oxygen atoms in total. The summed E-state index contributed by atoms with van der Waals surface area (Å²) in [6.07, 6.45) is 0.120. The molecule has 0 radical (unpaired) electrons. The summed E-state index contributed by atoms with van der Waals surface area (Å²) in [5.74, 6) is 0.602. The highest BCUT2D eigenvalue weighted by Gasteiger charge is 2.10. The molecule has 0 bridgehead atoms. The maximum atomic E-state index is 9.57. The van der Waals surface area contributed by atoms with Crippen molar-refractivity contribution in [3.05, 3.63) is 35.0 Å². The van der Waals surface area contributed by atoms with Crippen LogP contribution in [0.25, 0.3) is 11.0 Å². The summed E-state index contributed by atoms with van der Waals surface area (Å²) >= 11 is 5.84. The minimum Gasteiger partial charge on any atom is -0.458 e. The third-order valence-electron chi connectivity index (χ3n) is 2.21. The first kappa shape index (κ1) is 9.56. The zero-order valence-electron chi connectivity index (χ0n) is 7.83. The second kappa shape index (κ2) is 3.64. The molecule has 1 unspecified atom stereocenters. The molecule has 0 amide bonds. The lowest BCUT2D eigenvalue weighted by Gasteiger charge is -2.00. The number of hydrogen-bond acceptors (Lipinski definition) is 2. The molecule has 14 heavy (non-hydrogen) atoms. The van der Waals surface area contributed by atoms with Gasteiger partial charge in [-0.3, -0.25) is 0 Å². The maximum Gasteiger partial charge on any atom is 0.134 e. The van der Waals surface area contributed by atoms with Crippen molar-refractivity contribution in [3.63, 3.8) is 0 Å². The molecule has 1 heterocycles. The van der Waals surface area contributed by atoms with Crippen molar-refractivity contribution in [3.8, 4) is 0 Å². The fourth-order valence-electron chi connectivity index (χ4n) is 1.40. The van der Waals surface area contributed by atoms with E-state index >= 15 is 0 Å². The van der Waals surface area contributed by atoms with E-state index in [-0.39, 0.29) is 0 Å². The Labute approximate surface area is 87.1 Å². The summed E-state index contributed by atoms with van der Waals surface area (Å²) in [7, 11) is 0. The highest BCUT2D eigenvalue weighted by molar-refractivity contribution is 6.31. The highest BCUT2D eigenvalue weighted by atomic mass is 35.5. The van der Waals surface area contributed by atoms with Gasteiger partial charge in [0.1, 0.15) is 17.4 Å². The zero-order chi connectivity index (χ0) is 10.1. The van der Waals surface area contributed by atoms with Crippen LogP contribution in [-0.4, -0.2) is 5.11 Å². The molecule has 1 aromatic carbocycles. The fourth-order valence-corrected chi connectivity index (χ4v) is 1.58. The second-order valence-corrected chi connectivity index (χ2v) is 3.69. The number of fused-ring (bicyclic) bond motifs is 1. The van der Waals surface area contributed by atoms with E-state index < -0.39 is 6.10 Å². The molecule has 0 aliphatic carbocycles. The van der Waals surface area contributed by atoms with Crippen molar-refractivity contribution in [1.29, 1.82) is 0 Å². The summed E-state index contributed by atoms with van der Waals surface area (Å²) in [4.78, 5) is 0. The lowest BCUT2D eigenvalue weighted by molar-refractivity contribution is 0.148. The van der Waals surface area contributed by atoms with E-state index in [2.05, 4.69) is 0 Å². The first-order valence-corrected chi connectivity index (χ1v) is 4.95. The van der Waals surface area contributed by atoms with Crippen LogP contribution in [-0.2, 0) is 0 Å². The van der Waals surface area contributed by atoms with Crippen LogP contribution >= 0.6 is 11.6 Å². The predicted octanol–water partition coefficient (Wildman–Crippen LogP) is 3.53. The van der Waals surface area contributed by atoms with Gasteiger partial charge in [0.25, 0.3) is 0 Å². The van der Waals surface area contributed by atoms with Gasteiger partial charge in [-0.25, -0.2) is 0 Å².